The number of hydrogen-bond donors (Lipinski definition) is 1. The first-order chi connectivity index (χ1) is 12.9. The largest absolute Gasteiger partial charge is 0.378 e. The second kappa shape index (κ2) is 8.18. The zero-order valence-corrected chi connectivity index (χ0v) is 16.0. The van der Waals surface area contributed by atoms with Crippen LogP contribution in [0.15, 0.2) is 42.6 Å². The number of carbonyl (C=O) groups is 2. The van der Waals surface area contributed by atoms with Crippen molar-refractivity contribution in [1.29, 1.82) is 0 Å². The summed E-state index contributed by atoms with van der Waals surface area (Å²) < 4.78 is 0. The summed E-state index contributed by atoms with van der Waals surface area (Å²) in [5.74, 6) is -0.393. The molecule has 1 aromatic carbocycles. The summed E-state index contributed by atoms with van der Waals surface area (Å²) in [5, 5.41) is 2.86. The van der Waals surface area contributed by atoms with Gasteiger partial charge in [-0.2, -0.15) is 0 Å². The number of amides is 2. The number of pyridine rings is 1. The molecule has 0 radical (unpaired) electrons. The first kappa shape index (κ1) is 18.8. The highest BCUT2D eigenvalue weighted by molar-refractivity contribution is 6.05. The van der Waals surface area contributed by atoms with E-state index in [1.165, 1.54) is 6.20 Å². The first-order valence-electron chi connectivity index (χ1n) is 8.96. The van der Waals surface area contributed by atoms with Crippen LogP contribution in [0.1, 0.15) is 20.8 Å². The smallest absolute Gasteiger partial charge is 0.272 e. The molecule has 7 heteroatoms. The number of aromatic nitrogens is 1. The fourth-order valence-electron chi connectivity index (χ4n) is 2.91. The summed E-state index contributed by atoms with van der Waals surface area (Å²) in [7, 11) is 5.96. The summed E-state index contributed by atoms with van der Waals surface area (Å²) in [5.41, 5.74) is 2.47. The molecule has 2 heterocycles. The molecule has 7 nitrogen and oxygen atoms in total. The minimum atomic E-state index is -0.262. The maximum absolute atomic E-state index is 12.6. The van der Waals surface area contributed by atoms with Crippen molar-refractivity contribution in [1.82, 2.24) is 14.8 Å². The van der Waals surface area contributed by atoms with Crippen LogP contribution >= 0.6 is 0 Å². The first-order valence-corrected chi connectivity index (χ1v) is 8.96. The molecule has 1 N–H and O–H groups in total. The second-order valence-electron chi connectivity index (χ2n) is 6.92. The van der Waals surface area contributed by atoms with Gasteiger partial charge in [-0.1, -0.05) is 0 Å². The van der Waals surface area contributed by atoms with Gasteiger partial charge in [0.25, 0.3) is 11.8 Å². The van der Waals surface area contributed by atoms with E-state index in [2.05, 4.69) is 15.2 Å². The fraction of sp³-hybridized carbons (Fsp3) is 0.350. The third-order valence-electron chi connectivity index (χ3n) is 4.67. The highest BCUT2D eigenvalue weighted by atomic mass is 16.2. The Morgan fingerprint density at radius 1 is 1.04 bits per heavy atom. The van der Waals surface area contributed by atoms with Gasteiger partial charge in [0.2, 0.25) is 0 Å². The molecule has 1 aliphatic rings. The molecule has 2 amide bonds. The van der Waals surface area contributed by atoms with Gasteiger partial charge in [-0.25, -0.2) is 0 Å². The van der Waals surface area contributed by atoms with Crippen LogP contribution in [-0.4, -0.2) is 73.9 Å². The van der Waals surface area contributed by atoms with E-state index in [-0.39, 0.29) is 11.8 Å². The van der Waals surface area contributed by atoms with Crippen molar-refractivity contribution in [2.24, 2.45) is 0 Å². The molecule has 27 heavy (non-hydrogen) atoms. The molecule has 1 saturated heterocycles. The van der Waals surface area contributed by atoms with E-state index in [1.807, 2.05) is 50.3 Å². The Labute approximate surface area is 159 Å². The van der Waals surface area contributed by atoms with Gasteiger partial charge in [0, 0.05) is 63.4 Å². The van der Waals surface area contributed by atoms with Crippen LogP contribution in [-0.2, 0) is 0 Å². The van der Waals surface area contributed by atoms with E-state index in [1.54, 1.807) is 17.0 Å². The maximum atomic E-state index is 12.6. The molecular formula is C20H25N5O2. The minimum Gasteiger partial charge on any atom is -0.378 e. The number of nitrogens with one attached hydrogen (secondary N) is 1. The Morgan fingerprint density at radius 2 is 1.70 bits per heavy atom. The summed E-state index contributed by atoms with van der Waals surface area (Å²) in [6.45, 7) is 3.03. The zero-order valence-electron chi connectivity index (χ0n) is 16.0. The lowest BCUT2D eigenvalue weighted by atomic mass is 10.2. The number of rotatable bonds is 4. The van der Waals surface area contributed by atoms with E-state index in [0.29, 0.717) is 30.0 Å². The van der Waals surface area contributed by atoms with Gasteiger partial charge in [0.15, 0.2) is 0 Å². The quantitative estimate of drug-likeness (QED) is 0.892. The standard InChI is InChI=1S/C20H25N5O2/c1-23(2)17-6-4-16(5-7-17)22-19(26)15-8-9-21-18(14-15)20(27)25-12-10-24(3)11-13-25/h4-9,14H,10-13H2,1-3H3,(H,22,26). The van der Waals surface area contributed by atoms with Gasteiger partial charge >= 0.3 is 0 Å². The lowest BCUT2D eigenvalue weighted by Gasteiger charge is -2.32. The van der Waals surface area contributed by atoms with E-state index in [0.717, 1.165) is 18.8 Å². The maximum Gasteiger partial charge on any atom is 0.272 e. The predicted molar refractivity (Wildman–Crippen MR) is 106 cm³/mol. The van der Waals surface area contributed by atoms with E-state index < -0.39 is 0 Å². The van der Waals surface area contributed by atoms with E-state index >= 15 is 0 Å². The summed E-state index contributed by atoms with van der Waals surface area (Å²) >= 11 is 0. The number of nitrogens with zero attached hydrogens (tertiary/aromatic N) is 4. The van der Waals surface area contributed by atoms with Gasteiger partial charge in [-0.3, -0.25) is 14.6 Å². The molecule has 142 valence electrons. The number of likely N-dealkylation sites (N-methyl/N-ethyl adjacent to an activating group) is 1. The minimum absolute atomic E-state index is 0.131. The molecule has 1 fully saturated rings. The van der Waals surface area contributed by atoms with Crippen LogP contribution in [0.4, 0.5) is 11.4 Å². The molecule has 0 saturated carbocycles. The Morgan fingerprint density at radius 3 is 2.33 bits per heavy atom. The van der Waals surface area contributed by atoms with E-state index in [4.69, 9.17) is 0 Å². The molecule has 0 spiro atoms. The van der Waals surface area contributed by atoms with Crippen molar-refractivity contribution in [3.63, 3.8) is 0 Å². The number of hydrogen-bond acceptors (Lipinski definition) is 5. The summed E-state index contributed by atoms with van der Waals surface area (Å²) in [4.78, 5) is 35.3. The summed E-state index contributed by atoms with van der Waals surface area (Å²) in [6, 6.07) is 10.7. The van der Waals surface area contributed by atoms with Crippen LogP contribution in [0, 0.1) is 0 Å². The molecular weight excluding hydrogens is 342 g/mol. The van der Waals surface area contributed by atoms with Crippen LogP contribution in [0.5, 0.6) is 0 Å². The van der Waals surface area contributed by atoms with Gasteiger partial charge in [-0.15, -0.1) is 0 Å². The highest BCUT2D eigenvalue weighted by Gasteiger charge is 2.22. The normalized spacial score (nSPS) is 14.7. The number of anilines is 2. The van der Waals surface area contributed by atoms with Crippen LogP contribution < -0.4 is 10.2 Å². The molecule has 3 rings (SSSR count). The molecule has 1 aliphatic heterocycles. The average Bonchev–Trinajstić information content (AvgIpc) is 2.68. The van der Waals surface area contributed by atoms with Crippen LogP contribution in [0.3, 0.4) is 0 Å². The highest BCUT2D eigenvalue weighted by Crippen LogP contribution is 2.17. The SMILES string of the molecule is CN1CCN(C(=O)c2cc(C(=O)Nc3ccc(N(C)C)cc3)ccn2)CC1. The monoisotopic (exact) mass is 367 g/mol. The van der Waals surface area contributed by atoms with Gasteiger partial charge in [-0.05, 0) is 43.4 Å². The number of piperazine rings is 1. The molecule has 0 bridgehead atoms. The Kier molecular flexibility index (Phi) is 5.71. The Bertz CT molecular complexity index is 811. The van der Waals surface area contributed by atoms with Crippen molar-refractivity contribution in [2.75, 3.05) is 57.5 Å². The average molecular weight is 367 g/mol. The second-order valence-corrected chi connectivity index (χ2v) is 6.92. The molecule has 0 atom stereocenters. The molecule has 2 aromatic rings. The fourth-order valence-corrected chi connectivity index (χ4v) is 2.91. The molecule has 0 unspecified atom stereocenters. The van der Waals surface area contributed by atoms with Gasteiger partial charge < -0.3 is 20.0 Å². The zero-order chi connectivity index (χ0) is 19.4. The van der Waals surface area contributed by atoms with Crippen molar-refractivity contribution < 1.29 is 9.59 Å². The third kappa shape index (κ3) is 4.62. The van der Waals surface area contributed by atoms with Gasteiger partial charge in [0.1, 0.15) is 5.69 Å². The Hall–Kier alpha value is -2.93. The van der Waals surface area contributed by atoms with Crippen molar-refractivity contribution >= 4 is 23.2 Å². The number of benzene rings is 1. The van der Waals surface area contributed by atoms with Crippen LogP contribution in [0.25, 0.3) is 0 Å². The molecule has 1 aromatic heterocycles. The molecule has 0 aliphatic carbocycles. The predicted octanol–water partition coefficient (Wildman–Crippen LogP) is 1.79. The summed E-state index contributed by atoms with van der Waals surface area (Å²) in [6.07, 6.45) is 1.51. The topological polar surface area (TPSA) is 68.8 Å². The lowest BCUT2D eigenvalue weighted by Crippen LogP contribution is -2.47. The van der Waals surface area contributed by atoms with E-state index in [9.17, 15) is 9.59 Å². The van der Waals surface area contributed by atoms with Gasteiger partial charge in [0.05, 0.1) is 0 Å². The lowest BCUT2D eigenvalue weighted by molar-refractivity contribution is 0.0658. The third-order valence-corrected chi connectivity index (χ3v) is 4.67. The number of carbonyl (C=O) groups excluding carboxylic acids is 2. The Balaban J connectivity index is 1.69. The van der Waals surface area contributed by atoms with Crippen molar-refractivity contribution in [2.45, 2.75) is 0 Å². The van der Waals surface area contributed by atoms with Crippen molar-refractivity contribution in [3.05, 3.63) is 53.9 Å². The van der Waals surface area contributed by atoms with Crippen LogP contribution in [0.2, 0.25) is 0 Å². The van der Waals surface area contributed by atoms with Crippen molar-refractivity contribution in [3.8, 4) is 0 Å².